The summed E-state index contributed by atoms with van der Waals surface area (Å²) in [6.45, 7) is 6.42. The lowest BCUT2D eigenvalue weighted by Crippen LogP contribution is -2.32. The summed E-state index contributed by atoms with van der Waals surface area (Å²) in [6.07, 6.45) is 58.3. The van der Waals surface area contributed by atoms with E-state index in [9.17, 15) is 9.59 Å². The summed E-state index contributed by atoms with van der Waals surface area (Å²) in [5.41, 5.74) is 5.31. The minimum Gasteiger partial charge on any atom is -0.370 e. The molecule has 2 amide bonds. The van der Waals surface area contributed by atoms with Gasteiger partial charge in [0.05, 0.1) is 0 Å². The molecule has 4 nitrogen and oxygen atoms in total. The molecule has 2 N–H and O–H groups in total. The van der Waals surface area contributed by atoms with Gasteiger partial charge < -0.3 is 10.6 Å². The van der Waals surface area contributed by atoms with Crippen molar-refractivity contribution >= 4 is 11.8 Å². The molecule has 54 heavy (non-hydrogen) atoms. The van der Waals surface area contributed by atoms with Crippen molar-refractivity contribution in [2.45, 2.75) is 296 Å². The Balaban J connectivity index is 3.79. The van der Waals surface area contributed by atoms with E-state index in [-0.39, 0.29) is 11.8 Å². The molecule has 0 saturated carbocycles. The first kappa shape index (κ1) is 52.9. The maximum atomic E-state index is 13.1. The molecule has 0 aromatic carbocycles. The number of hydrogen-bond acceptors (Lipinski definition) is 2. The van der Waals surface area contributed by atoms with Gasteiger partial charge in [0, 0.05) is 25.9 Å². The van der Waals surface area contributed by atoms with Crippen LogP contribution in [0.2, 0.25) is 0 Å². The number of rotatable bonds is 47. The molecule has 0 heterocycles. The van der Waals surface area contributed by atoms with Gasteiger partial charge in [0.15, 0.2) is 0 Å². The van der Waals surface area contributed by atoms with Crippen molar-refractivity contribution in [3.8, 4) is 0 Å². The van der Waals surface area contributed by atoms with Crippen molar-refractivity contribution in [3.05, 3.63) is 0 Å². The standard InChI is InChI=1S/C50H100N2O2/c1-3-5-7-9-11-13-15-17-19-21-23-25-27-29-31-33-35-37-39-43-47-52(50(54)46-42-41-45-49(51)53)48-44-40-38-36-34-32-30-28-26-24-22-20-18-16-14-12-10-8-6-4-2/h3-48H2,1-2H3,(H2,51,53). The maximum Gasteiger partial charge on any atom is 0.222 e. The first-order valence-electron chi connectivity index (χ1n) is 25.2. The molecule has 0 aromatic rings. The third-order valence-electron chi connectivity index (χ3n) is 12.0. The molecule has 0 unspecified atom stereocenters. The first-order valence-corrected chi connectivity index (χ1v) is 25.2. The monoisotopic (exact) mass is 761 g/mol. The average Bonchev–Trinajstić information content (AvgIpc) is 3.17. The van der Waals surface area contributed by atoms with Gasteiger partial charge in [-0.15, -0.1) is 0 Å². The lowest BCUT2D eigenvalue weighted by atomic mass is 10.0. The van der Waals surface area contributed by atoms with E-state index < -0.39 is 0 Å². The van der Waals surface area contributed by atoms with Crippen molar-refractivity contribution < 1.29 is 9.59 Å². The summed E-state index contributed by atoms with van der Waals surface area (Å²) in [6, 6.07) is 0. The molecule has 0 atom stereocenters. The van der Waals surface area contributed by atoms with Gasteiger partial charge in [-0.2, -0.15) is 0 Å². The molecule has 322 valence electrons. The Labute approximate surface area is 340 Å². The van der Waals surface area contributed by atoms with Crippen molar-refractivity contribution in [2.75, 3.05) is 13.1 Å². The molecule has 0 aliphatic rings. The Kier molecular flexibility index (Phi) is 45.4. The minimum atomic E-state index is -0.256. The van der Waals surface area contributed by atoms with Crippen molar-refractivity contribution in [3.63, 3.8) is 0 Å². The Morgan fingerprint density at radius 1 is 0.296 bits per heavy atom. The van der Waals surface area contributed by atoms with E-state index in [0.29, 0.717) is 12.8 Å². The van der Waals surface area contributed by atoms with Crippen LogP contribution < -0.4 is 5.73 Å². The number of hydrogen-bond donors (Lipinski definition) is 1. The molecule has 0 aliphatic heterocycles. The Morgan fingerprint density at radius 3 is 0.722 bits per heavy atom. The highest BCUT2D eigenvalue weighted by Gasteiger charge is 2.13. The summed E-state index contributed by atoms with van der Waals surface area (Å²) < 4.78 is 0. The number of primary amides is 1. The normalized spacial score (nSPS) is 11.4. The number of nitrogens with two attached hydrogens (primary N) is 1. The average molecular weight is 761 g/mol. The number of amides is 2. The SMILES string of the molecule is CCCCCCCCCCCCCCCCCCCCCCN(CCCCCCCCCCCCCCCCCCCCCC)C(=O)CCCCC(N)=O. The quantitative estimate of drug-likeness (QED) is 0.0628. The third kappa shape index (κ3) is 43.7. The van der Waals surface area contributed by atoms with Crippen LogP contribution in [0.15, 0.2) is 0 Å². The van der Waals surface area contributed by atoms with E-state index in [0.717, 1.165) is 38.8 Å². The predicted molar refractivity (Wildman–Crippen MR) is 240 cm³/mol. The van der Waals surface area contributed by atoms with E-state index in [1.807, 2.05) is 0 Å². The molecule has 4 heteroatoms. The fourth-order valence-corrected chi connectivity index (χ4v) is 8.21. The summed E-state index contributed by atoms with van der Waals surface area (Å²) in [5, 5.41) is 0. The largest absolute Gasteiger partial charge is 0.370 e. The minimum absolute atomic E-state index is 0.256. The van der Waals surface area contributed by atoms with E-state index >= 15 is 0 Å². The van der Waals surface area contributed by atoms with Gasteiger partial charge in [0.25, 0.3) is 0 Å². The highest BCUT2D eigenvalue weighted by atomic mass is 16.2. The molecule has 0 aliphatic carbocycles. The van der Waals surface area contributed by atoms with Gasteiger partial charge in [0.2, 0.25) is 11.8 Å². The lowest BCUT2D eigenvalue weighted by Gasteiger charge is -2.23. The molecule has 0 rings (SSSR count). The van der Waals surface area contributed by atoms with Crippen LogP contribution in [-0.4, -0.2) is 29.8 Å². The zero-order chi connectivity index (χ0) is 39.3. The molecule has 0 radical (unpaired) electrons. The van der Waals surface area contributed by atoms with Gasteiger partial charge in [-0.25, -0.2) is 0 Å². The van der Waals surface area contributed by atoms with Crippen molar-refractivity contribution in [1.29, 1.82) is 0 Å². The molecular formula is C50H100N2O2. The van der Waals surface area contributed by atoms with E-state index in [2.05, 4.69) is 18.7 Å². The van der Waals surface area contributed by atoms with Crippen LogP contribution in [0.4, 0.5) is 0 Å². The zero-order valence-corrected chi connectivity index (χ0v) is 37.4. The van der Waals surface area contributed by atoms with Gasteiger partial charge in [0.1, 0.15) is 0 Å². The highest BCUT2D eigenvalue weighted by Crippen LogP contribution is 2.17. The number of carbonyl (C=O) groups is 2. The fraction of sp³-hybridized carbons (Fsp3) is 0.960. The Morgan fingerprint density at radius 2 is 0.500 bits per heavy atom. The van der Waals surface area contributed by atoms with E-state index in [1.165, 1.54) is 244 Å². The summed E-state index contributed by atoms with van der Waals surface area (Å²) >= 11 is 0. The van der Waals surface area contributed by atoms with Crippen LogP contribution in [0.3, 0.4) is 0 Å². The second-order valence-electron chi connectivity index (χ2n) is 17.5. The second kappa shape index (κ2) is 46.3. The van der Waals surface area contributed by atoms with Crippen LogP contribution in [0.5, 0.6) is 0 Å². The molecule has 0 saturated heterocycles. The molecule has 0 spiro atoms. The predicted octanol–water partition coefficient (Wildman–Crippen LogP) is 16.5. The molecule has 0 aromatic heterocycles. The molecule has 0 bridgehead atoms. The Bertz CT molecular complexity index is 696. The van der Waals surface area contributed by atoms with Crippen LogP contribution >= 0.6 is 0 Å². The Hall–Kier alpha value is -1.06. The summed E-state index contributed by atoms with van der Waals surface area (Å²) in [4.78, 5) is 26.3. The van der Waals surface area contributed by atoms with Crippen molar-refractivity contribution in [2.24, 2.45) is 5.73 Å². The smallest absolute Gasteiger partial charge is 0.222 e. The fourth-order valence-electron chi connectivity index (χ4n) is 8.21. The number of nitrogens with zero attached hydrogens (tertiary/aromatic N) is 1. The summed E-state index contributed by atoms with van der Waals surface area (Å²) in [7, 11) is 0. The number of unbranched alkanes of at least 4 members (excludes halogenated alkanes) is 39. The summed E-state index contributed by atoms with van der Waals surface area (Å²) in [5.74, 6) is 0.0306. The molecule has 0 fully saturated rings. The first-order chi connectivity index (χ1) is 26.6. The van der Waals surface area contributed by atoms with Crippen LogP contribution in [0.25, 0.3) is 0 Å². The van der Waals surface area contributed by atoms with Crippen LogP contribution in [0.1, 0.15) is 296 Å². The van der Waals surface area contributed by atoms with Crippen LogP contribution in [-0.2, 0) is 9.59 Å². The molecular weight excluding hydrogens is 661 g/mol. The van der Waals surface area contributed by atoms with Crippen molar-refractivity contribution in [1.82, 2.24) is 4.90 Å². The third-order valence-corrected chi connectivity index (χ3v) is 12.0. The lowest BCUT2D eigenvalue weighted by molar-refractivity contribution is -0.131. The maximum absolute atomic E-state index is 13.1. The van der Waals surface area contributed by atoms with E-state index in [4.69, 9.17) is 5.73 Å². The van der Waals surface area contributed by atoms with Gasteiger partial charge in [-0.3, -0.25) is 9.59 Å². The van der Waals surface area contributed by atoms with Gasteiger partial charge in [-0.05, 0) is 25.7 Å². The highest BCUT2D eigenvalue weighted by molar-refractivity contribution is 5.76. The second-order valence-corrected chi connectivity index (χ2v) is 17.5. The van der Waals surface area contributed by atoms with E-state index in [1.54, 1.807) is 0 Å². The zero-order valence-electron chi connectivity index (χ0n) is 37.4. The number of carbonyl (C=O) groups excluding carboxylic acids is 2. The van der Waals surface area contributed by atoms with Crippen LogP contribution in [0, 0.1) is 0 Å². The van der Waals surface area contributed by atoms with Gasteiger partial charge >= 0.3 is 0 Å². The van der Waals surface area contributed by atoms with Gasteiger partial charge in [-0.1, -0.05) is 258 Å². The topological polar surface area (TPSA) is 63.4 Å².